The van der Waals surface area contributed by atoms with Gasteiger partial charge in [0.1, 0.15) is 5.82 Å². The SMILES string of the molecule is CCCNC1COCC1c1nnc2ccc(Br)cn12. The lowest BCUT2D eigenvalue weighted by atomic mass is 10.0. The maximum absolute atomic E-state index is 5.61. The molecule has 1 aliphatic rings. The molecule has 1 aliphatic heterocycles. The molecule has 2 aromatic rings. The molecule has 0 radical (unpaired) electrons. The minimum Gasteiger partial charge on any atom is -0.379 e. The highest BCUT2D eigenvalue weighted by molar-refractivity contribution is 9.10. The fourth-order valence-electron chi connectivity index (χ4n) is 2.48. The van der Waals surface area contributed by atoms with Crippen LogP contribution >= 0.6 is 15.9 Å². The van der Waals surface area contributed by atoms with Crippen LogP contribution in [0.2, 0.25) is 0 Å². The van der Waals surface area contributed by atoms with E-state index in [0.29, 0.717) is 12.6 Å². The van der Waals surface area contributed by atoms with Crippen molar-refractivity contribution in [1.29, 1.82) is 0 Å². The fourth-order valence-corrected chi connectivity index (χ4v) is 2.81. The molecule has 6 heteroatoms. The van der Waals surface area contributed by atoms with Gasteiger partial charge in [-0.05, 0) is 41.0 Å². The highest BCUT2D eigenvalue weighted by atomic mass is 79.9. The van der Waals surface area contributed by atoms with E-state index in [1.54, 1.807) is 0 Å². The van der Waals surface area contributed by atoms with Gasteiger partial charge < -0.3 is 10.1 Å². The van der Waals surface area contributed by atoms with Crippen LogP contribution in [0.5, 0.6) is 0 Å². The Morgan fingerprint density at radius 2 is 2.32 bits per heavy atom. The Hall–Kier alpha value is -0.980. The van der Waals surface area contributed by atoms with Crippen molar-refractivity contribution in [2.75, 3.05) is 19.8 Å². The third-order valence-electron chi connectivity index (χ3n) is 3.46. The molecular formula is C13H17BrN4O. The van der Waals surface area contributed by atoms with Crippen molar-refractivity contribution in [3.05, 3.63) is 28.6 Å². The summed E-state index contributed by atoms with van der Waals surface area (Å²) in [5.41, 5.74) is 0.874. The lowest BCUT2D eigenvalue weighted by Gasteiger charge is -2.17. The second kappa shape index (κ2) is 5.56. The summed E-state index contributed by atoms with van der Waals surface area (Å²) in [7, 11) is 0. The molecule has 0 aliphatic carbocycles. The van der Waals surface area contributed by atoms with Gasteiger partial charge in [0.05, 0.1) is 19.1 Å². The van der Waals surface area contributed by atoms with E-state index < -0.39 is 0 Å². The normalized spacial score (nSPS) is 23.3. The standard InChI is InChI=1S/C13H17BrN4O/c1-2-5-15-11-8-19-7-10(11)13-17-16-12-4-3-9(14)6-18(12)13/h3-4,6,10-11,15H,2,5,7-8H2,1H3. The molecule has 2 atom stereocenters. The van der Waals surface area contributed by atoms with E-state index in [9.17, 15) is 0 Å². The number of hydrogen-bond donors (Lipinski definition) is 1. The van der Waals surface area contributed by atoms with Crippen LogP contribution in [0.25, 0.3) is 5.65 Å². The third-order valence-corrected chi connectivity index (χ3v) is 3.93. The number of hydrogen-bond acceptors (Lipinski definition) is 4. The maximum atomic E-state index is 5.61. The van der Waals surface area contributed by atoms with E-state index in [-0.39, 0.29) is 5.92 Å². The van der Waals surface area contributed by atoms with E-state index >= 15 is 0 Å². The van der Waals surface area contributed by atoms with E-state index in [2.05, 4.69) is 38.4 Å². The first-order chi connectivity index (χ1) is 9.29. The smallest absolute Gasteiger partial charge is 0.160 e. The Labute approximate surface area is 120 Å². The van der Waals surface area contributed by atoms with Gasteiger partial charge in [-0.25, -0.2) is 0 Å². The number of nitrogens with one attached hydrogen (secondary N) is 1. The average Bonchev–Trinajstić information content (AvgIpc) is 3.01. The lowest BCUT2D eigenvalue weighted by Crippen LogP contribution is -2.35. The molecule has 3 rings (SSSR count). The lowest BCUT2D eigenvalue weighted by molar-refractivity contribution is 0.187. The van der Waals surface area contributed by atoms with Crippen LogP contribution in [-0.4, -0.2) is 40.4 Å². The summed E-state index contributed by atoms with van der Waals surface area (Å²) in [5.74, 6) is 1.23. The zero-order valence-electron chi connectivity index (χ0n) is 10.8. The molecule has 1 N–H and O–H groups in total. The van der Waals surface area contributed by atoms with Crippen LogP contribution in [0.3, 0.4) is 0 Å². The number of halogens is 1. The van der Waals surface area contributed by atoms with Crippen LogP contribution in [0.15, 0.2) is 22.8 Å². The van der Waals surface area contributed by atoms with Gasteiger partial charge in [-0.2, -0.15) is 0 Å². The van der Waals surface area contributed by atoms with E-state index in [4.69, 9.17) is 4.74 Å². The molecule has 102 valence electrons. The second-order valence-electron chi connectivity index (χ2n) is 4.84. The predicted molar refractivity (Wildman–Crippen MR) is 76.3 cm³/mol. The zero-order valence-corrected chi connectivity index (χ0v) is 12.4. The molecule has 0 aromatic carbocycles. The van der Waals surface area contributed by atoms with Crippen LogP contribution in [0, 0.1) is 0 Å². The molecule has 0 amide bonds. The van der Waals surface area contributed by atoms with Crippen molar-refractivity contribution < 1.29 is 4.74 Å². The van der Waals surface area contributed by atoms with E-state index in [1.165, 1.54) is 0 Å². The summed E-state index contributed by atoms with van der Waals surface area (Å²) >= 11 is 3.49. The van der Waals surface area contributed by atoms with Crippen LogP contribution < -0.4 is 5.32 Å². The first-order valence-electron chi connectivity index (χ1n) is 6.61. The Morgan fingerprint density at radius 3 is 3.16 bits per heavy atom. The van der Waals surface area contributed by atoms with Crippen molar-refractivity contribution in [2.45, 2.75) is 25.3 Å². The van der Waals surface area contributed by atoms with Crippen molar-refractivity contribution >= 4 is 21.6 Å². The maximum Gasteiger partial charge on any atom is 0.160 e. The minimum atomic E-state index is 0.260. The predicted octanol–water partition coefficient (Wildman–Crippen LogP) is 1.97. The first kappa shape index (κ1) is 13.0. The van der Waals surface area contributed by atoms with Gasteiger partial charge in [0.15, 0.2) is 5.65 Å². The van der Waals surface area contributed by atoms with Crippen molar-refractivity contribution in [1.82, 2.24) is 19.9 Å². The van der Waals surface area contributed by atoms with Gasteiger partial charge in [-0.3, -0.25) is 4.40 Å². The van der Waals surface area contributed by atoms with Gasteiger partial charge in [-0.1, -0.05) is 6.92 Å². The number of aromatic nitrogens is 3. The monoisotopic (exact) mass is 324 g/mol. The van der Waals surface area contributed by atoms with Crippen LogP contribution in [0.4, 0.5) is 0 Å². The summed E-state index contributed by atoms with van der Waals surface area (Å²) in [5, 5.41) is 12.1. The second-order valence-corrected chi connectivity index (χ2v) is 5.75. The topological polar surface area (TPSA) is 51.5 Å². The van der Waals surface area contributed by atoms with E-state index in [0.717, 1.165) is 35.5 Å². The molecule has 5 nitrogen and oxygen atoms in total. The van der Waals surface area contributed by atoms with Gasteiger partial charge >= 0.3 is 0 Å². The highest BCUT2D eigenvalue weighted by Gasteiger charge is 2.32. The van der Waals surface area contributed by atoms with Crippen molar-refractivity contribution in [2.24, 2.45) is 0 Å². The van der Waals surface area contributed by atoms with Crippen molar-refractivity contribution in [3.63, 3.8) is 0 Å². The number of fused-ring (bicyclic) bond motifs is 1. The summed E-state index contributed by atoms with van der Waals surface area (Å²) in [6.45, 7) is 4.62. The van der Waals surface area contributed by atoms with Gasteiger partial charge in [0, 0.05) is 16.7 Å². The Morgan fingerprint density at radius 1 is 1.42 bits per heavy atom. The number of nitrogens with zero attached hydrogens (tertiary/aromatic N) is 3. The van der Waals surface area contributed by atoms with Crippen LogP contribution in [0.1, 0.15) is 25.1 Å². The fraction of sp³-hybridized carbons (Fsp3) is 0.538. The molecule has 0 bridgehead atoms. The molecule has 19 heavy (non-hydrogen) atoms. The summed E-state index contributed by atoms with van der Waals surface area (Å²) in [4.78, 5) is 0. The number of ether oxygens (including phenoxy) is 1. The molecule has 0 saturated carbocycles. The first-order valence-corrected chi connectivity index (χ1v) is 7.40. The number of rotatable bonds is 4. The van der Waals surface area contributed by atoms with Gasteiger partial charge in [-0.15, -0.1) is 10.2 Å². The number of pyridine rings is 1. The minimum absolute atomic E-state index is 0.260. The summed E-state index contributed by atoms with van der Waals surface area (Å²) in [6, 6.07) is 4.27. The Balaban J connectivity index is 1.92. The Bertz CT molecular complexity index is 571. The molecular weight excluding hydrogens is 308 g/mol. The molecule has 3 heterocycles. The molecule has 2 aromatic heterocycles. The van der Waals surface area contributed by atoms with E-state index in [1.807, 2.05) is 22.7 Å². The average molecular weight is 325 g/mol. The highest BCUT2D eigenvalue weighted by Crippen LogP contribution is 2.25. The summed E-state index contributed by atoms with van der Waals surface area (Å²) < 4.78 is 8.69. The zero-order chi connectivity index (χ0) is 13.2. The molecule has 1 saturated heterocycles. The molecule has 1 fully saturated rings. The molecule has 0 spiro atoms. The largest absolute Gasteiger partial charge is 0.379 e. The molecule has 2 unspecified atom stereocenters. The quantitative estimate of drug-likeness (QED) is 0.934. The Kier molecular flexibility index (Phi) is 3.81. The van der Waals surface area contributed by atoms with Gasteiger partial charge in [0.2, 0.25) is 0 Å². The third kappa shape index (κ3) is 2.52. The summed E-state index contributed by atoms with van der Waals surface area (Å²) in [6.07, 6.45) is 3.13. The van der Waals surface area contributed by atoms with Gasteiger partial charge in [0.25, 0.3) is 0 Å². The van der Waals surface area contributed by atoms with Crippen LogP contribution in [-0.2, 0) is 4.74 Å². The van der Waals surface area contributed by atoms with Crippen molar-refractivity contribution in [3.8, 4) is 0 Å².